The lowest BCUT2D eigenvalue weighted by atomic mass is 9.51. The van der Waals surface area contributed by atoms with Crippen LogP contribution in [-0.4, -0.2) is 33.9 Å². The second kappa shape index (κ2) is 6.94. The van der Waals surface area contributed by atoms with Gasteiger partial charge in [0.05, 0.1) is 5.60 Å². The van der Waals surface area contributed by atoms with E-state index in [4.69, 9.17) is 4.74 Å². The Morgan fingerprint density at radius 3 is 2.44 bits per heavy atom. The van der Waals surface area contributed by atoms with Gasteiger partial charge in [-0.3, -0.25) is 0 Å². The van der Waals surface area contributed by atoms with Crippen LogP contribution in [0.25, 0.3) is 0 Å². The number of allylic oxidation sites excluding steroid dienone is 1. The molecule has 0 amide bonds. The van der Waals surface area contributed by atoms with Gasteiger partial charge in [-0.2, -0.15) is 0 Å². The highest BCUT2D eigenvalue weighted by atomic mass is 16.5. The van der Waals surface area contributed by atoms with Crippen LogP contribution in [0.2, 0.25) is 0 Å². The van der Waals surface area contributed by atoms with Crippen LogP contribution in [0.5, 0.6) is 0 Å². The van der Waals surface area contributed by atoms with Crippen LogP contribution in [0.4, 0.5) is 0 Å². The Bertz CT molecular complexity index is 603. The number of carbonyl (C=O) groups is 2. The van der Waals surface area contributed by atoms with Gasteiger partial charge in [0.1, 0.15) is 6.10 Å². The summed E-state index contributed by atoms with van der Waals surface area (Å²) >= 11 is 0. The topological polar surface area (TPSA) is 83.8 Å². The van der Waals surface area contributed by atoms with E-state index in [1.165, 1.54) is 0 Å². The summed E-state index contributed by atoms with van der Waals surface area (Å²) < 4.78 is 5.81. The fourth-order valence-corrected chi connectivity index (χ4v) is 4.84. The molecule has 0 spiro atoms. The third kappa shape index (κ3) is 3.66. The number of carboxylic acids is 1. The summed E-state index contributed by atoms with van der Waals surface area (Å²) in [7, 11) is 0. The Balaban J connectivity index is 2.45. The van der Waals surface area contributed by atoms with Gasteiger partial charge in [0.2, 0.25) is 0 Å². The fraction of sp³-hybridized carbons (Fsp3) is 0.700. The summed E-state index contributed by atoms with van der Waals surface area (Å²) in [5.74, 6) is -2.32. The maximum Gasteiger partial charge on any atom is 0.333 e. The van der Waals surface area contributed by atoms with Gasteiger partial charge in [0, 0.05) is 23.0 Å². The van der Waals surface area contributed by atoms with Gasteiger partial charge in [0.25, 0.3) is 0 Å². The first-order chi connectivity index (χ1) is 11.5. The van der Waals surface area contributed by atoms with Crippen molar-refractivity contribution in [3.63, 3.8) is 0 Å². The molecule has 140 valence electrons. The minimum Gasteiger partial charge on any atom is -0.478 e. The second-order valence-electron chi connectivity index (χ2n) is 8.16. The first kappa shape index (κ1) is 19.7. The SMILES string of the molecule is C=C(C(=O)O)[C@@H]1CC[C@@]2(C)CCC[C@@](C)(O)[C@@H]2[C@H]1OC(=O)/C(C)=C/C. The van der Waals surface area contributed by atoms with E-state index in [0.29, 0.717) is 18.4 Å². The molecule has 5 heteroatoms. The molecule has 0 aliphatic heterocycles. The minimum atomic E-state index is -1.08. The summed E-state index contributed by atoms with van der Waals surface area (Å²) in [6.07, 6.45) is 4.86. The quantitative estimate of drug-likeness (QED) is 0.599. The highest BCUT2D eigenvalue weighted by Gasteiger charge is 2.58. The van der Waals surface area contributed by atoms with Crippen molar-refractivity contribution in [2.75, 3.05) is 0 Å². The molecule has 2 aliphatic carbocycles. The molecule has 2 saturated carbocycles. The van der Waals surface area contributed by atoms with Crippen molar-refractivity contribution in [3.8, 4) is 0 Å². The van der Waals surface area contributed by atoms with Crippen LogP contribution in [0.15, 0.2) is 23.8 Å². The summed E-state index contributed by atoms with van der Waals surface area (Å²) in [4.78, 5) is 23.9. The van der Waals surface area contributed by atoms with Crippen molar-refractivity contribution < 1.29 is 24.5 Å². The van der Waals surface area contributed by atoms with Crippen LogP contribution in [0, 0.1) is 17.3 Å². The molecule has 0 radical (unpaired) electrons. The van der Waals surface area contributed by atoms with Crippen molar-refractivity contribution >= 4 is 11.9 Å². The van der Waals surface area contributed by atoms with Gasteiger partial charge >= 0.3 is 11.9 Å². The molecule has 5 atom stereocenters. The molecule has 0 unspecified atom stereocenters. The van der Waals surface area contributed by atoms with Crippen molar-refractivity contribution in [1.82, 2.24) is 0 Å². The van der Waals surface area contributed by atoms with Crippen LogP contribution >= 0.6 is 0 Å². The van der Waals surface area contributed by atoms with Crippen molar-refractivity contribution in [3.05, 3.63) is 23.8 Å². The number of rotatable bonds is 4. The van der Waals surface area contributed by atoms with Gasteiger partial charge in [0.15, 0.2) is 0 Å². The Kier molecular flexibility index (Phi) is 5.47. The molecule has 5 nitrogen and oxygen atoms in total. The summed E-state index contributed by atoms with van der Waals surface area (Å²) in [6.45, 7) is 11.0. The van der Waals surface area contributed by atoms with E-state index >= 15 is 0 Å². The number of aliphatic hydroxyl groups is 1. The number of ether oxygens (including phenoxy) is 1. The monoisotopic (exact) mass is 350 g/mol. The molecule has 2 rings (SSSR count). The number of carboxylic acid groups (broad SMARTS) is 1. The lowest BCUT2D eigenvalue weighted by Crippen LogP contribution is -2.59. The number of hydrogen-bond donors (Lipinski definition) is 2. The Hall–Kier alpha value is -1.62. The van der Waals surface area contributed by atoms with Crippen molar-refractivity contribution in [2.24, 2.45) is 17.3 Å². The average Bonchev–Trinajstić information content (AvgIpc) is 2.52. The maximum atomic E-state index is 12.4. The van der Waals surface area contributed by atoms with Crippen LogP contribution < -0.4 is 0 Å². The molecule has 0 bridgehead atoms. The standard InChI is InChI=1S/C20H30O5/c1-6-12(2)18(23)25-15-14(13(3)17(21)22)8-11-19(4)9-7-10-20(5,24)16(15)19/h6,14-16,24H,3,7-11H2,1-2,4-5H3,(H,21,22)/b12-6+/t14-,15-,16+,19+,20+/m0/s1. The molecular formula is C20H30O5. The number of carbonyl (C=O) groups excluding carboxylic acids is 1. The summed E-state index contributed by atoms with van der Waals surface area (Å²) in [6, 6.07) is 0. The van der Waals surface area contributed by atoms with Gasteiger partial charge in [-0.15, -0.1) is 0 Å². The van der Waals surface area contributed by atoms with Crippen molar-refractivity contribution in [2.45, 2.75) is 71.5 Å². The van der Waals surface area contributed by atoms with E-state index in [0.717, 1.165) is 19.3 Å². The summed E-state index contributed by atoms with van der Waals surface area (Å²) in [5, 5.41) is 20.5. The zero-order valence-corrected chi connectivity index (χ0v) is 15.7. The van der Waals surface area contributed by atoms with E-state index in [-0.39, 0.29) is 16.9 Å². The maximum absolute atomic E-state index is 12.4. The molecule has 0 aromatic rings. The van der Waals surface area contributed by atoms with Crippen LogP contribution in [0.3, 0.4) is 0 Å². The van der Waals surface area contributed by atoms with E-state index < -0.39 is 29.6 Å². The first-order valence-electron chi connectivity index (χ1n) is 9.02. The van der Waals surface area contributed by atoms with Crippen molar-refractivity contribution in [1.29, 1.82) is 0 Å². The van der Waals surface area contributed by atoms with Crippen LogP contribution in [-0.2, 0) is 14.3 Å². The van der Waals surface area contributed by atoms with Gasteiger partial charge in [-0.1, -0.05) is 26.0 Å². The lowest BCUT2D eigenvalue weighted by Gasteiger charge is -2.57. The normalized spacial score (nSPS) is 38.6. The van der Waals surface area contributed by atoms with E-state index in [1.807, 2.05) is 0 Å². The Morgan fingerprint density at radius 1 is 1.24 bits per heavy atom. The van der Waals surface area contributed by atoms with E-state index in [2.05, 4.69) is 13.5 Å². The molecule has 2 aliphatic rings. The predicted molar refractivity (Wildman–Crippen MR) is 94.9 cm³/mol. The number of esters is 1. The Labute approximate surface area is 149 Å². The third-order valence-corrected chi connectivity index (χ3v) is 6.32. The highest BCUT2D eigenvalue weighted by molar-refractivity contribution is 5.88. The van der Waals surface area contributed by atoms with Gasteiger partial charge < -0.3 is 14.9 Å². The molecule has 25 heavy (non-hydrogen) atoms. The number of fused-ring (bicyclic) bond motifs is 1. The fourth-order valence-electron chi connectivity index (χ4n) is 4.84. The third-order valence-electron chi connectivity index (χ3n) is 6.32. The Morgan fingerprint density at radius 2 is 1.88 bits per heavy atom. The minimum absolute atomic E-state index is 0.0550. The largest absolute Gasteiger partial charge is 0.478 e. The van der Waals surface area contributed by atoms with E-state index in [9.17, 15) is 19.8 Å². The molecule has 0 heterocycles. The van der Waals surface area contributed by atoms with E-state index in [1.54, 1.807) is 26.8 Å². The van der Waals surface area contributed by atoms with Gasteiger partial charge in [-0.05, 0) is 51.9 Å². The molecule has 2 fully saturated rings. The average molecular weight is 350 g/mol. The summed E-state index contributed by atoms with van der Waals surface area (Å²) in [5.41, 5.74) is -0.646. The second-order valence-corrected chi connectivity index (χ2v) is 8.16. The lowest BCUT2D eigenvalue weighted by molar-refractivity contribution is -0.196. The molecule has 0 aromatic carbocycles. The zero-order chi connectivity index (χ0) is 19.0. The van der Waals surface area contributed by atoms with Gasteiger partial charge in [-0.25, -0.2) is 9.59 Å². The number of hydrogen-bond acceptors (Lipinski definition) is 4. The smallest absolute Gasteiger partial charge is 0.333 e. The molecular weight excluding hydrogens is 320 g/mol. The number of aliphatic carboxylic acids is 1. The first-order valence-corrected chi connectivity index (χ1v) is 9.02. The molecule has 0 saturated heterocycles. The predicted octanol–water partition coefficient (Wildman–Crippen LogP) is 3.47. The zero-order valence-electron chi connectivity index (χ0n) is 15.7. The highest BCUT2D eigenvalue weighted by Crippen LogP contribution is 2.57. The molecule has 0 aromatic heterocycles. The van der Waals surface area contributed by atoms with Crippen LogP contribution in [0.1, 0.15) is 59.8 Å². The molecule has 2 N–H and O–H groups in total.